The van der Waals surface area contributed by atoms with Crippen molar-refractivity contribution in [1.29, 1.82) is 0 Å². The summed E-state index contributed by atoms with van der Waals surface area (Å²) < 4.78 is 5.31. The van der Waals surface area contributed by atoms with E-state index in [1.165, 1.54) is 0 Å². The lowest BCUT2D eigenvalue weighted by atomic mass is 9.98. The molecule has 0 saturated carbocycles. The van der Waals surface area contributed by atoms with Gasteiger partial charge in [0, 0.05) is 42.0 Å². The molecule has 3 N–H and O–H groups in total. The first kappa shape index (κ1) is 27.5. The zero-order chi connectivity index (χ0) is 26.5. The zero-order valence-electron chi connectivity index (χ0n) is 22.6. The average molecular weight is 498 g/mol. The average Bonchev–Trinajstić information content (AvgIpc) is 2.91. The summed E-state index contributed by atoms with van der Waals surface area (Å²) in [5.41, 5.74) is 4.68. The Labute approximate surface area is 214 Å². The van der Waals surface area contributed by atoms with Crippen LogP contribution < -0.4 is 20.4 Å². The maximum Gasteiger partial charge on any atom is 0.247 e. The summed E-state index contributed by atoms with van der Waals surface area (Å²) in [4.78, 5) is 37.3. The van der Waals surface area contributed by atoms with Gasteiger partial charge >= 0.3 is 0 Å². The Kier molecular flexibility index (Phi) is 8.98. The Balaban J connectivity index is 2.22. The minimum Gasteiger partial charge on any atom is -0.497 e. The Morgan fingerprint density at radius 3 is 2.31 bits per heavy atom. The van der Waals surface area contributed by atoms with Crippen molar-refractivity contribution in [1.82, 2.24) is 10.2 Å². The van der Waals surface area contributed by atoms with Crippen LogP contribution in [0, 0.1) is 0 Å². The van der Waals surface area contributed by atoms with Gasteiger partial charge in [-0.3, -0.25) is 9.59 Å². The molecule has 2 unspecified atom stereocenters. The number of nitrogens with two attached hydrogens (primary N) is 1. The molecule has 0 radical (unpaired) electrons. The lowest BCUT2D eigenvalue weighted by Gasteiger charge is -2.34. The number of hydrogen-bond acceptors (Lipinski definition) is 5. The van der Waals surface area contributed by atoms with Crippen molar-refractivity contribution < 1.29 is 24.6 Å². The third-order valence-corrected chi connectivity index (χ3v) is 6.28. The van der Waals surface area contributed by atoms with E-state index in [2.05, 4.69) is 17.1 Å². The highest BCUT2D eigenvalue weighted by Crippen LogP contribution is 2.39. The second-order valence-electron chi connectivity index (χ2n) is 10.2. The van der Waals surface area contributed by atoms with Gasteiger partial charge in [-0.1, -0.05) is 26.0 Å². The van der Waals surface area contributed by atoms with Crippen molar-refractivity contribution in [2.45, 2.75) is 71.6 Å². The normalized spacial score (nSPS) is 18.0. The Hall–Kier alpha value is -3.10. The van der Waals surface area contributed by atoms with E-state index in [1.807, 2.05) is 70.2 Å². The van der Waals surface area contributed by atoms with Gasteiger partial charge in [-0.05, 0) is 57.4 Å². The van der Waals surface area contributed by atoms with Crippen LogP contribution in [0.3, 0.4) is 0 Å². The highest BCUT2D eigenvalue weighted by molar-refractivity contribution is 5.96. The lowest BCUT2D eigenvalue weighted by Crippen LogP contribution is -2.76. The molecule has 0 aliphatic carbocycles. The van der Waals surface area contributed by atoms with Crippen LogP contribution in [-0.4, -0.2) is 49.1 Å². The molecule has 3 rings (SSSR count). The number of ether oxygens (including phenoxy) is 1. The van der Waals surface area contributed by atoms with Gasteiger partial charge in [-0.15, -0.1) is 0 Å². The highest BCUT2D eigenvalue weighted by atomic mass is 16.6. The Morgan fingerprint density at radius 2 is 1.75 bits per heavy atom. The predicted octanol–water partition coefficient (Wildman–Crippen LogP) is 3.44. The van der Waals surface area contributed by atoms with Crippen LogP contribution in [0.5, 0.6) is 5.75 Å². The number of quaternary nitrogens is 1. The zero-order valence-corrected chi connectivity index (χ0v) is 22.6. The van der Waals surface area contributed by atoms with E-state index in [9.17, 15) is 9.59 Å². The van der Waals surface area contributed by atoms with Crippen molar-refractivity contribution in [3.05, 3.63) is 53.6 Å². The van der Waals surface area contributed by atoms with Crippen LogP contribution in [0.15, 0.2) is 42.5 Å². The third-order valence-electron chi connectivity index (χ3n) is 6.28. The van der Waals surface area contributed by atoms with Crippen LogP contribution in [-0.2, 0) is 21.0 Å². The number of hydrogen-bond donors (Lipinski definition) is 2. The standard InChI is InChI=1S/C28H40N4O4/c1-8-16-31-23(9-2)27(34)32(18-19-10-13-21(35-6)14-11-19)25(26(33)29-28(3,4)5)22-17-20(30-36-7)12-15-24(22)31/h10-15,17,23,25,30H,8-9,16,18H2,1-7H3,(H,29,33)/p+1. The first-order chi connectivity index (χ1) is 17.1. The summed E-state index contributed by atoms with van der Waals surface area (Å²) in [6, 6.07) is 12.4. The fraction of sp³-hybridized carbons (Fsp3) is 0.500. The lowest BCUT2D eigenvalue weighted by molar-refractivity contribution is -0.830. The molecule has 1 aliphatic heterocycles. The number of methoxy groups -OCH3 is 1. The molecule has 0 aromatic heterocycles. The van der Waals surface area contributed by atoms with Gasteiger partial charge in [0.1, 0.15) is 17.8 Å². The summed E-state index contributed by atoms with van der Waals surface area (Å²) in [5.74, 6) is 0.492. The number of amides is 2. The van der Waals surface area contributed by atoms with Crippen molar-refractivity contribution >= 4 is 23.2 Å². The van der Waals surface area contributed by atoms with E-state index < -0.39 is 11.6 Å². The number of fused-ring (bicyclic) bond motifs is 1. The molecule has 2 aromatic carbocycles. The van der Waals surface area contributed by atoms with Crippen molar-refractivity contribution in [2.75, 3.05) is 25.7 Å². The van der Waals surface area contributed by atoms with Gasteiger partial charge in [0.2, 0.25) is 11.8 Å². The van der Waals surface area contributed by atoms with Gasteiger partial charge in [0.15, 0.2) is 5.69 Å². The van der Waals surface area contributed by atoms with Crippen LogP contribution in [0.4, 0.5) is 11.4 Å². The Morgan fingerprint density at radius 1 is 1.06 bits per heavy atom. The van der Waals surface area contributed by atoms with Gasteiger partial charge in [0.25, 0.3) is 0 Å². The van der Waals surface area contributed by atoms with Gasteiger partial charge in [-0.2, -0.15) is 5.48 Å². The maximum absolute atomic E-state index is 14.2. The number of carbonyl (C=O) groups excluding carboxylic acids is 2. The summed E-state index contributed by atoms with van der Waals surface area (Å²) in [6.45, 7) is 11.0. The van der Waals surface area contributed by atoms with Crippen LogP contribution in [0.1, 0.15) is 64.6 Å². The first-order valence-corrected chi connectivity index (χ1v) is 12.7. The van der Waals surface area contributed by atoms with Gasteiger partial charge < -0.3 is 19.9 Å². The summed E-state index contributed by atoms with van der Waals surface area (Å²) in [5, 5.41) is 3.13. The topological polar surface area (TPSA) is 87.7 Å². The van der Waals surface area contributed by atoms with Gasteiger partial charge in [-0.25, -0.2) is 4.84 Å². The summed E-state index contributed by atoms with van der Waals surface area (Å²) in [7, 11) is 3.23. The molecule has 0 fully saturated rings. The fourth-order valence-electron chi connectivity index (χ4n) is 4.78. The van der Waals surface area contributed by atoms with Gasteiger partial charge in [0.05, 0.1) is 14.2 Å². The van der Waals surface area contributed by atoms with Crippen molar-refractivity contribution in [3.63, 3.8) is 0 Å². The first-order valence-electron chi connectivity index (χ1n) is 12.7. The van der Waals surface area contributed by atoms with Crippen LogP contribution in [0.2, 0.25) is 0 Å². The summed E-state index contributed by atoms with van der Waals surface area (Å²) >= 11 is 0. The molecule has 36 heavy (non-hydrogen) atoms. The highest BCUT2D eigenvalue weighted by Gasteiger charge is 2.43. The van der Waals surface area contributed by atoms with Crippen LogP contribution in [0.25, 0.3) is 0 Å². The minimum atomic E-state index is -0.796. The number of benzene rings is 2. The minimum absolute atomic E-state index is 0.0516. The fourth-order valence-corrected chi connectivity index (χ4v) is 4.78. The van der Waals surface area contributed by atoms with E-state index in [0.29, 0.717) is 19.5 Å². The molecule has 8 heteroatoms. The molecule has 2 amide bonds. The molecule has 0 saturated heterocycles. The SMILES string of the molecule is CCCN1c2ccc([NH2+]OC)cc2C(C(=O)NC(C)(C)C)N(Cc2ccc(OC)cc2)C(=O)C1CC. The largest absolute Gasteiger partial charge is 0.497 e. The van der Waals surface area contributed by atoms with E-state index in [1.54, 1.807) is 24.6 Å². The molecule has 0 spiro atoms. The predicted molar refractivity (Wildman–Crippen MR) is 141 cm³/mol. The van der Waals surface area contributed by atoms with Crippen LogP contribution >= 0.6 is 0 Å². The molecule has 2 aromatic rings. The van der Waals surface area contributed by atoms with E-state index >= 15 is 0 Å². The molecule has 0 bridgehead atoms. The molecule has 1 heterocycles. The molecule has 8 nitrogen and oxygen atoms in total. The number of anilines is 1. The number of rotatable bonds is 9. The molecular weight excluding hydrogens is 456 g/mol. The quantitative estimate of drug-likeness (QED) is 0.409. The Bertz CT molecular complexity index is 1050. The third kappa shape index (κ3) is 6.17. The second kappa shape index (κ2) is 11.8. The maximum atomic E-state index is 14.2. The molecule has 196 valence electrons. The molecule has 2 atom stereocenters. The van der Waals surface area contributed by atoms with E-state index in [4.69, 9.17) is 9.57 Å². The molecular formula is C28H41N4O4+. The van der Waals surface area contributed by atoms with Crippen molar-refractivity contribution in [3.8, 4) is 5.75 Å². The van der Waals surface area contributed by atoms with E-state index in [0.717, 1.165) is 34.7 Å². The monoisotopic (exact) mass is 497 g/mol. The second-order valence-corrected chi connectivity index (χ2v) is 10.2. The smallest absolute Gasteiger partial charge is 0.247 e. The number of nitrogens with zero attached hydrogens (tertiary/aromatic N) is 2. The number of nitrogens with one attached hydrogen (secondary N) is 1. The number of carbonyl (C=O) groups is 2. The van der Waals surface area contributed by atoms with Crippen molar-refractivity contribution in [2.24, 2.45) is 0 Å². The summed E-state index contributed by atoms with van der Waals surface area (Å²) in [6.07, 6.45) is 1.52. The van der Waals surface area contributed by atoms with E-state index in [-0.39, 0.29) is 17.9 Å². The molecule has 1 aliphatic rings.